The van der Waals surface area contributed by atoms with Gasteiger partial charge in [-0.3, -0.25) is 9.69 Å². The molecule has 9 heteroatoms. The van der Waals surface area contributed by atoms with Gasteiger partial charge in [0.15, 0.2) is 0 Å². The number of amides is 2. The lowest BCUT2D eigenvalue weighted by Crippen LogP contribution is -2.49. The van der Waals surface area contributed by atoms with E-state index in [0.29, 0.717) is 44.2 Å². The van der Waals surface area contributed by atoms with Crippen LogP contribution in [0.3, 0.4) is 0 Å². The molecule has 0 radical (unpaired) electrons. The van der Waals surface area contributed by atoms with Gasteiger partial charge in [-0.2, -0.15) is 0 Å². The second kappa shape index (κ2) is 9.57. The van der Waals surface area contributed by atoms with Gasteiger partial charge in [0, 0.05) is 55.6 Å². The van der Waals surface area contributed by atoms with Crippen LogP contribution in [-0.2, 0) is 13.1 Å². The molecular formula is C22H23N5O3S. The van der Waals surface area contributed by atoms with Crippen molar-refractivity contribution in [1.82, 2.24) is 19.8 Å². The van der Waals surface area contributed by atoms with Crippen molar-refractivity contribution in [2.24, 2.45) is 0 Å². The highest BCUT2D eigenvalue weighted by Crippen LogP contribution is 2.17. The fraction of sp³-hybridized carbons (Fsp3) is 0.273. The Morgan fingerprint density at radius 2 is 1.68 bits per heavy atom. The van der Waals surface area contributed by atoms with Gasteiger partial charge in [-0.25, -0.2) is 14.8 Å². The fourth-order valence-electron chi connectivity index (χ4n) is 3.50. The van der Waals surface area contributed by atoms with Crippen LogP contribution in [0.25, 0.3) is 0 Å². The Morgan fingerprint density at radius 3 is 2.29 bits per heavy atom. The summed E-state index contributed by atoms with van der Waals surface area (Å²) < 4.78 is 0. The topological polar surface area (TPSA) is 89.9 Å². The van der Waals surface area contributed by atoms with Crippen molar-refractivity contribution in [2.75, 3.05) is 31.1 Å². The molecule has 0 saturated carbocycles. The Balaban J connectivity index is 1.34. The summed E-state index contributed by atoms with van der Waals surface area (Å²) in [6.45, 7) is 3.20. The summed E-state index contributed by atoms with van der Waals surface area (Å²) in [4.78, 5) is 39.3. The summed E-state index contributed by atoms with van der Waals surface area (Å²) in [5.41, 5.74) is 1.45. The van der Waals surface area contributed by atoms with Crippen LogP contribution in [0.15, 0.2) is 60.2 Å². The number of carbonyl (C=O) groups is 2. The van der Waals surface area contributed by atoms with E-state index in [1.54, 1.807) is 30.6 Å². The Labute approximate surface area is 184 Å². The molecule has 0 unspecified atom stereocenters. The summed E-state index contributed by atoms with van der Waals surface area (Å²) in [7, 11) is 0. The van der Waals surface area contributed by atoms with E-state index in [1.165, 1.54) is 16.2 Å². The molecule has 0 spiro atoms. The minimum absolute atomic E-state index is 0.0196. The number of rotatable bonds is 6. The lowest BCUT2D eigenvalue weighted by molar-refractivity contribution is 0.0746. The zero-order valence-corrected chi connectivity index (χ0v) is 17.7. The van der Waals surface area contributed by atoms with Crippen molar-refractivity contribution in [3.63, 3.8) is 0 Å². The zero-order valence-electron chi connectivity index (χ0n) is 16.9. The Morgan fingerprint density at radius 1 is 0.968 bits per heavy atom. The van der Waals surface area contributed by atoms with Gasteiger partial charge in [0.25, 0.3) is 5.91 Å². The molecule has 0 bridgehead atoms. The SMILES string of the molecule is O=C(O)N(Cc1ccc(C(=O)N2CCN(c3ncccn3)CC2)cc1)Cc1cccs1. The Bertz CT molecular complexity index is 1000. The standard InChI is InChI=1S/C22H23N5O3S/c28-20(25-10-12-26(13-11-25)21-23-8-2-9-24-21)18-6-4-17(5-7-18)15-27(22(29)30)16-19-3-1-14-31-19/h1-9,14H,10-13,15-16H2,(H,29,30). The van der Waals surface area contributed by atoms with Crippen LogP contribution >= 0.6 is 11.3 Å². The minimum atomic E-state index is -0.964. The summed E-state index contributed by atoms with van der Waals surface area (Å²) in [5, 5.41) is 11.4. The number of hydrogen-bond donors (Lipinski definition) is 1. The monoisotopic (exact) mass is 437 g/mol. The second-order valence-electron chi connectivity index (χ2n) is 7.24. The molecule has 1 aliphatic heterocycles. The number of thiophene rings is 1. The van der Waals surface area contributed by atoms with Gasteiger partial charge in [0.05, 0.1) is 6.54 Å². The Kier molecular flexibility index (Phi) is 6.42. The molecule has 3 heterocycles. The van der Waals surface area contributed by atoms with Crippen LogP contribution in [0, 0.1) is 0 Å². The number of carboxylic acid groups (broad SMARTS) is 1. The van der Waals surface area contributed by atoms with Gasteiger partial charge in [-0.15, -0.1) is 11.3 Å². The van der Waals surface area contributed by atoms with Crippen molar-refractivity contribution in [2.45, 2.75) is 13.1 Å². The van der Waals surface area contributed by atoms with E-state index in [1.807, 2.05) is 34.5 Å². The van der Waals surface area contributed by atoms with Crippen LogP contribution in [0.4, 0.5) is 10.7 Å². The van der Waals surface area contributed by atoms with Gasteiger partial charge in [-0.05, 0) is 35.2 Å². The van der Waals surface area contributed by atoms with E-state index in [2.05, 4.69) is 14.9 Å². The number of nitrogens with zero attached hydrogens (tertiary/aromatic N) is 5. The third-order valence-corrected chi connectivity index (χ3v) is 6.03. The summed E-state index contributed by atoms with van der Waals surface area (Å²) in [6.07, 6.45) is 2.47. The molecule has 1 N–H and O–H groups in total. The largest absolute Gasteiger partial charge is 0.465 e. The molecule has 4 rings (SSSR count). The van der Waals surface area contributed by atoms with Gasteiger partial charge < -0.3 is 14.9 Å². The summed E-state index contributed by atoms with van der Waals surface area (Å²) in [5.74, 6) is 0.665. The van der Waals surface area contributed by atoms with Crippen molar-refractivity contribution in [1.29, 1.82) is 0 Å². The molecule has 1 saturated heterocycles. The predicted octanol–water partition coefficient (Wildman–Crippen LogP) is 3.18. The molecule has 31 heavy (non-hydrogen) atoms. The molecule has 2 amide bonds. The first-order valence-electron chi connectivity index (χ1n) is 10.0. The molecule has 1 aliphatic rings. The number of hydrogen-bond acceptors (Lipinski definition) is 6. The van der Waals surface area contributed by atoms with E-state index in [4.69, 9.17) is 0 Å². The van der Waals surface area contributed by atoms with Gasteiger partial charge in [0.1, 0.15) is 0 Å². The third-order valence-electron chi connectivity index (χ3n) is 5.17. The van der Waals surface area contributed by atoms with Crippen LogP contribution in [0.5, 0.6) is 0 Å². The van der Waals surface area contributed by atoms with Gasteiger partial charge in [-0.1, -0.05) is 18.2 Å². The predicted molar refractivity (Wildman–Crippen MR) is 118 cm³/mol. The molecule has 1 fully saturated rings. The fourth-order valence-corrected chi connectivity index (χ4v) is 4.22. The number of aromatic nitrogens is 2. The van der Waals surface area contributed by atoms with Crippen molar-refractivity contribution in [3.8, 4) is 0 Å². The van der Waals surface area contributed by atoms with E-state index in [9.17, 15) is 14.7 Å². The zero-order chi connectivity index (χ0) is 21.6. The molecule has 2 aromatic heterocycles. The number of piperazine rings is 1. The van der Waals surface area contributed by atoms with Crippen LogP contribution in [0.1, 0.15) is 20.8 Å². The molecule has 0 aliphatic carbocycles. The first-order valence-corrected chi connectivity index (χ1v) is 10.9. The van der Waals surface area contributed by atoms with Crippen LogP contribution in [-0.4, -0.2) is 63.1 Å². The van der Waals surface area contributed by atoms with Gasteiger partial charge in [0.2, 0.25) is 5.95 Å². The van der Waals surface area contributed by atoms with Crippen molar-refractivity contribution >= 4 is 29.3 Å². The van der Waals surface area contributed by atoms with E-state index < -0.39 is 6.09 Å². The normalized spacial score (nSPS) is 13.8. The highest BCUT2D eigenvalue weighted by atomic mass is 32.1. The smallest absolute Gasteiger partial charge is 0.407 e. The second-order valence-corrected chi connectivity index (χ2v) is 8.28. The van der Waals surface area contributed by atoms with Crippen molar-refractivity contribution < 1.29 is 14.7 Å². The Hall–Kier alpha value is -3.46. The number of anilines is 1. The minimum Gasteiger partial charge on any atom is -0.465 e. The van der Waals surface area contributed by atoms with Crippen molar-refractivity contribution in [3.05, 3.63) is 76.2 Å². The maximum absolute atomic E-state index is 12.9. The van der Waals surface area contributed by atoms with Crippen LogP contribution in [0.2, 0.25) is 0 Å². The molecule has 0 atom stereocenters. The van der Waals surface area contributed by atoms with E-state index in [0.717, 1.165) is 10.4 Å². The van der Waals surface area contributed by atoms with Crippen LogP contribution < -0.4 is 4.90 Å². The van der Waals surface area contributed by atoms with E-state index >= 15 is 0 Å². The summed E-state index contributed by atoms with van der Waals surface area (Å²) in [6, 6.07) is 12.8. The molecule has 160 valence electrons. The van der Waals surface area contributed by atoms with Gasteiger partial charge >= 0.3 is 6.09 Å². The van der Waals surface area contributed by atoms with E-state index in [-0.39, 0.29) is 12.5 Å². The lowest BCUT2D eigenvalue weighted by atomic mass is 10.1. The first-order chi connectivity index (χ1) is 15.1. The molecule has 1 aromatic carbocycles. The third kappa shape index (κ3) is 5.18. The number of carbonyl (C=O) groups excluding carboxylic acids is 1. The maximum Gasteiger partial charge on any atom is 0.407 e. The molecule has 8 nitrogen and oxygen atoms in total. The molecule has 3 aromatic rings. The molecular weight excluding hydrogens is 414 g/mol. The highest BCUT2D eigenvalue weighted by molar-refractivity contribution is 7.09. The maximum atomic E-state index is 12.9. The quantitative estimate of drug-likeness (QED) is 0.637. The number of benzene rings is 1. The lowest BCUT2D eigenvalue weighted by Gasteiger charge is -2.34. The first kappa shape index (κ1) is 20.8. The highest BCUT2D eigenvalue weighted by Gasteiger charge is 2.23. The summed E-state index contributed by atoms with van der Waals surface area (Å²) >= 11 is 1.53. The average molecular weight is 438 g/mol. The average Bonchev–Trinajstić information content (AvgIpc) is 3.32.